The molecule has 1 aromatic carbocycles. The second-order valence-electron chi connectivity index (χ2n) is 6.00. The highest BCUT2D eigenvalue weighted by Crippen LogP contribution is 2.35. The Kier molecular flexibility index (Phi) is 3.47. The number of hydrogen-bond donors (Lipinski definition) is 1. The van der Waals surface area contributed by atoms with Gasteiger partial charge in [0.1, 0.15) is 0 Å². The Bertz CT molecular complexity index is 606. The smallest absolute Gasteiger partial charge is 0.257 e. The normalized spacial score (nSPS) is 22.9. The molecular weight excluding hydrogens is 250 g/mol. The van der Waals surface area contributed by atoms with Crippen molar-refractivity contribution in [2.75, 3.05) is 5.73 Å². The summed E-state index contributed by atoms with van der Waals surface area (Å²) in [5, 5.41) is 4.19. The summed E-state index contributed by atoms with van der Waals surface area (Å²) >= 11 is 0. The Balaban J connectivity index is 1.84. The number of aromatic nitrogens is 2. The highest BCUT2D eigenvalue weighted by Gasteiger charge is 2.24. The number of nitrogens with two attached hydrogens (primary N) is 1. The first-order chi connectivity index (χ1) is 9.63. The Morgan fingerprint density at radius 3 is 2.90 bits per heavy atom. The van der Waals surface area contributed by atoms with Gasteiger partial charge in [-0.15, -0.1) is 0 Å². The van der Waals surface area contributed by atoms with Gasteiger partial charge in [0.25, 0.3) is 5.89 Å². The molecule has 4 heteroatoms. The van der Waals surface area contributed by atoms with E-state index in [9.17, 15) is 0 Å². The summed E-state index contributed by atoms with van der Waals surface area (Å²) in [7, 11) is 0. The number of hydrogen-bond acceptors (Lipinski definition) is 4. The maximum absolute atomic E-state index is 5.84. The van der Waals surface area contributed by atoms with Gasteiger partial charge in [0.15, 0.2) is 5.82 Å². The van der Waals surface area contributed by atoms with Crippen LogP contribution in [0.2, 0.25) is 0 Å². The Morgan fingerprint density at radius 2 is 2.15 bits per heavy atom. The molecule has 1 aliphatic rings. The minimum atomic E-state index is 0.450. The van der Waals surface area contributed by atoms with E-state index < -0.39 is 0 Å². The molecule has 2 unspecified atom stereocenters. The van der Waals surface area contributed by atoms with E-state index in [4.69, 9.17) is 10.3 Å². The zero-order chi connectivity index (χ0) is 14.1. The van der Waals surface area contributed by atoms with E-state index in [1.807, 2.05) is 25.1 Å². The van der Waals surface area contributed by atoms with Crippen molar-refractivity contribution < 1.29 is 4.52 Å². The number of aryl methyl sites for hydroxylation is 1. The molecule has 0 amide bonds. The third-order valence-corrected chi connectivity index (χ3v) is 4.26. The zero-order valence-electron chi connectivity index (χ0n) is 12.1. The van der Waals surface area contributed by atoms with Crippen LogP contribution in [0.5, 0.6) is 0 Å². The molecular formula is C16H21N3O. The summed E-state index contributed by atoms with van der Waals surface area (Å²) in [6.07, 6.45) is 4.92. The van der Waals surface area contributed by atoms with Crippen molar-refractivity contribution in [2.45, 2.75) is 45.4 Å². The van der Waals surface area contributed by atoms with Gasteiger partial charge in [-0.1, -0.05) is 24.9 Å². The molecule has 1 aliphatic carbocycles. The summed E-state index contributed by atoms with van der Waals surface area (Å²) in [5.74, 6) is 2.67. The lowest BCUT2D eigenvalue weighted by molar-refractivity contribution is 0.324. The van der Waals surface area contributed by atoms with Crippen LogP contribution >= 0.6 is 0 Å². The van der Waals surface area contributed by atoms with Gasteiger partial charge >= 0.3 is 0 Å². The van der Waals surface area contributed by atoms with Gasteiger partial charge < -0.3 is 10.3 Å². The van der Waals surface area contributed by atoms with Gasteiger partial charge in [-0.2, -0.15) is 4.98 Å². The van der Waals surface area contributed by atoms with E-state index in [1.165, 1.54) is 25.7 Å². The van der Waals surface area contributed by atoms with Crippen LogP contribution in [0.15, 0.2) is 22.7 Å². The molecule has 0 spiro atoms. The molecule has 0 saturated heterocycles. The fourth-order valence-electron chi connectivity index (χ4n) is 3.00. The van der Waals surface area contributed by atoms with Crippen molar-refractivity contribution in [3.8, 4) is 11.5 Å². The molecule has 1 heterocycles. The molecule has 2 atom stereocenters. The predicted octanol–water partition coefficient (Wildman–Crippen LogP) is 3.92. The van der Waals surface area contributed by atoms with Crippen LogP contribution in [0.25, 0.3) is 11.5 Å². The van der Waals surface area contributed by atoms with E-state index in [1.54, 1.807) is 0 Å². The van der Waals surface area contributed by atoms with Gasteiger partial charge in [0.2, 0.25) is 0 Å². The zero-order valence-corrected chi connectivity index (χ0v) is 12.1. The molecule has 20 heavy (non-hydrogen) atoms. The van der Waals surface area contributed by atoms with Crippen LogP contribution in [0, 0.1) is 12.8 Å². The van der Waals surface area contributed by atoms with Gasteiger partial charge in [0, 0.05) is 17.2 Å². The number of rotatable bonds is 2. The first kappa shape index (κ1) is 13.2. The van der Waals surface area contributed by atoms with Crippen molar-refractivity contribution in [3.05, 3.63) is 29.6 Å². The quantitative estimate of drug-likeness (QED) is 0.841. The van der Waals surface area contributed by atoms with Crippen molar-refractivity contribution in [2.24, 2.45) is 5.92 Å². The van der Waals surface area contributed by atoms with E-state index in [0.29, 0.717) is 11.8 Å². The van der Waals surface area contributed by atoms with Crippen LogP contribution in [0.1, 0.15) is 49.9 Å². The average molecular weight is 271 g/mol. The second-order valence-corrected chi connectivity index (χ2v) is 6.00. The minimum absolute atomic E-state index is 0.450. The van der Waals surface area contributed by atoms with E-state index in [-0.39, 0.29) is 0 Å². The number of nitrogens with zero attached hydrogens (tertiary/aromatic N) is 2. The van der Waals surface area contributed by atoms with E-state index in [2.05, 4.69) is 17.1 Å². The third-order valence-electron chi connectivity index (χ3n) is 4.26. The number of benzene rings is 1. The number of anilines is 1. The standard InChI is InChI=1S/C16H21N3O/c1-10-4-3-5-12(8-10)15-18-16(20-19-15)13-6-7-14(17)11(2)9-13/h6-7,9-10,12H,3-5,8,17H2,1-2H3. The van der Waals surface area contributed by atoms with Crippen molar-refractivity contribution in [3.63, 3.8) is 0 Å². The van der Waals surface area contributed by atoms with Crippen LogP contribution in [0.4, 0.5) is 5.69 Å². The van der Waals surface area contributed by atoms with Gasteiger partial charge in [0.05, 0.1) is 0 Å². The largest absolute Gasteiger partial charge is 0.399 e. The fraction of sp³-hybridized carbons (Fsp3) is 0.500. The summed E-state index contributed by atoms with van der Waals surface area (Å²) in [6, 6.07) is 5.82. The predicted molar refractivity (Wildman–Crippen MR) is 79.3 cm³/mol. The van der Waals surface area contributed by atoms with Crippen molar-refractivity contribution >= 4 is 5.69 Å². The first-order valence-electron chi connectivity index (χ1n) is 7.33. The molecule has 0 radical (unpaired) electrons. The molecule has 1 fully saturated rings. The lowest BCUT2D eigenvalue weighted by Gasteiger charge is -2.23. The molecule has 106 valence electrons. The SMILES string of the molecule is Cc1cc(-c2nc(C3CCCC(C)C3)no2)ccc1N. The van der Waals surface area contributed by atoms with Crippen LogP contribution in [-0.4, -0.2) is 10.1 Å². The summed E-state index contributed by atoms with van der Waals surface area (Å²) < 4.78 is 5.43. The second kappa shape index (κ2) is 5.27. The molecule has 3 rings (SSSR count). The van der Waals surface area contributed by atoms with Crippen LogP contribution < -0.4 is 5.73 Å². The van der Waals surface area contributed by atoms with Gasteiger partial charge in [-0.05, 0) is 49.4 Å². The Hall–Kier alpha value is -1.84. The molecule has 0 bridgehead atoms. The van der Waals surface area contributed by atoms with Gasteiger partial charge in [-0.25, -0.2) is 0 Å². The average Bonchev–Trinajstić information content (AvgIpc) is 2.92. The highest BCUT2D eigenvalue weighted by atomic mass is 16.5. The first-order valence-corrected chi connectivity index (χ1v) is 7.33. The lowest BCUT2D eigenvalue weighted by atomic mass is 9.82. The lowest BCUT2D eigenvalue weighted by Crippen LogP contribution is -2.12. The fourth-order valence-corrected chi connectivity index (χ4v) is 3.00. The maximum Gasteiger partial charge on any atom is 0.257 e. The van der Waals surface area contributed by atoms with Gasteiger partial charge in [-0.3, -0.25) is 0 Å². The topological polar surface area (TPSA) is 64.9 Å². The Morgan fingerprint density at radius 1 is 1.30 bits per heavy atom. The van der Waals surface area contributed by atoms with E-state index in [0.717, 1.165) is 28.6 Å². The van der Waals surface area contributed by atoms with Crippen LogP contribution in [0.3, 0.4) is 0 Å². The molecule has 2 N–H and O–H groups in total. The molecule has 1 saturated carbocycles. The molecule has 4 nitrogen and oxygen atoms in total. The van der Waals surface area contributed by atoms with Crippen molar-refractivity contribution in [1.29, 1.82) is 0 Å². The highest BCUT2D eigenvalue weighted by molar-refractivity contribution is 5.60. The summed E-state index contributed by atoms with van der Waals surface area (Å²) in [5.41, 5.74) is 8.60. The van der Waals surface area contributed by atoms with E-state index >= 15 is 0 Å². The van der Waals surface area contributed by atoms with Crippen LogP contribution in [-0.2, 0) is 0 Å². The molecule has 1 aromatic heterocycles. The maximum atomic E-state index is 5.84. The molecule has 2 aromatic rings. The molecule has 0 aliphatic heterocycles. The third kappa shape index (κ3) is 2.55. The summed E-state index contributed by atoms with van der Waals surface area (Å²) in [6.45, 7) is 4.29. The van der Waals surface area contributed by atoms with Crippen molar-refractivity contribution in [1.82, 2.24) is 10.1 Å². The minimum Gasteiger partial charge on any atom is -0.399 e. The summed E-state index contributed by atoms with van der Waals surface area (Å²) in [4.78, 5) is 4.59. The monoisotopic (exact) mass is 271 g/mol. The Labute approximate surface area is 119 Å². The number of nitrogen functional groups attached to an aromatic ring is 1.